The molecule has 6 nitrogen and oxygen atoms in total. The smallest absolute Gasteiger partial charge is 0.264 e. The van der Waals surface area contributed by atoms with E-state index in [1.165, 1.54) is 24.2 Å². The lowest BCUT2D eigenvalue weighted by molar-refractivity contribution is -0.136. The van der Waals surface area contributed by atoms with Crippen LogP contribution < -0.4 is 0 Å². The molecule has 2 fully saturated rings. The molecule has 0 atom stereocenters. The lowest BCUT2D eigenvalue weighted by atomic mass is 10.1. The minimum Gasteiger partial charge on any atom is -0.339 e. The first-order valence-corrected chi connectivity index (χ1v) is 10.8. The molecule has 8 heteroatoms. The van der Waals surface area contributed by atoms with E-state index in [2.05, 4.69) is 4.98 Å². The van der Waals surface area contributed by atoms with Gasteiger partial charge in [-0.15, -0.1) is 22.7 Å². The van der Waals surface area contributed by atoms with E-state index in [4.69, 9.17) is 0 Å². The van der Waals surface area contributed by atoms with Gasteiger partial charge in [0.25, 0.3) is 5.91 Å². The van der Waals surface area contributed by atoms with Crippen LogP contribution >= 0.6 is 22.7 Å². The zero-order valence-corrected chi connectivity index (χ0v) is 16.0. The second-order valence-corrected chi connectivity index (χ2v) is 8.97. The fourth-order valence-corrected chi connectivity index (χ4v) is 5.84. The second kappa shape index (κ2) is 6.35. The summed E-state index contributed by atoms with van der Waals surface area (Å²) in [6, 6.07) is 1.95. The third-order valence-corrected chi connectivity index (χ3v) is 7.30. The number of piperazine rings is 1. The molecule has 1 aliphatic carbocycles. The number of hydrogen-bond donors (Lipinski definition) is 0. The number of rotatable bonds is 2. The van der Waals surface area contributed by atoms with Crippen molar-refractivity contribution in [3.8, 4) is 0 Å². The Kier molecular flexibility index (Phi) is 3.97. The highest BCUT2D eigenvalue weighted by molar-refractivity contribution is 7.21. The van der Waals surface area contributed by atoms with Crippen molar-refractivity contribution in [1.82, 2.24) is 19.2 Å². The van der Waals surface area contributed by atoms with Gasteiger partial charge in [-0.05, 0) is 18.9 Å². The zero-order chi connectivity index (χ0) is 17.7. The summed E-state index contributed by atoms with van der Waals surface area (Å²) in [6.07, 6.45) is 6.40. The van der Waals surface area contributed by atoms with Crippen molar-refractivity contribution in [2.24, 2.45) is 5.92 Å². The average molecular weight is 389 g/mol. The van der Waals surface area contributed by atoms with E-state index < -0.39 is 0 Å². The Morgan fingerprint density at radius 3 is 2.58 bits per heavy atom. The topological polar surface area (TPSA) is 57.9 Å². The highest BCUT2D eigenvalue weighted by Gasteiger charge is 2.31. The molecule has 26 heavy (non-hydrogen) atoms. The second-order valence-electron chi connectivity index (χ2n) is 7.07. The van der Waals surface area contributed by atoms with Crippen LogP contribution in [0.25, 0.3) is 15.3 Å². The highest BCUT2D eigenvalue weighted by atomic mass is 32.1. The predicted octanol–water partition coefficient (Wildman–Crippen LogP) is 3.09. The number of aromatic nitrogens is 2. The molecule has 2 amide bonds. The summed E-state index contributed by atoms with van der Waals surface area (Å²) in [4.78, 5) is 36.4. The molecule has 0 N–H and O–H groups in total. The standard InChI is InChI=1S/C18H20N4O2S2/c23-16(12-3-1-2-4-12)20-5-7-21(8-6-20)17(24)14-11-13-15(26-14)19-18-22(13)9-10-25-18/h9-12H,1-8H2. The molecular weight excluding hydrogens is 368 g/mol. The lowest BCUT2D eigenvalue weighted by Crippen LogP contribution is -2.51. The Bertz CT molecular complexity index is 974. The van der Waals surface area contributed by atoms with Crippen LogP contribution in [-0.2, 0) is 4.79 Å². The highest BCUT2D eigenvalue weighted by Crippen LogP contribution is 2.30. The van der Waals surface area contributed by atoms with Gasteiger partial charge in [0.05, 0.1) is 10.4 Å². The normalized spacial score (nSPS) is 19.1. The molecule has 0 spiro atoms. The third-order valence-electron chi connectivity index (χ3n) is 5.53. The van der Waals surface area contributed by atoms with Crippen molar-refractivity contribution >= 4 is 49.8 Å². The lowest BCUT2D eigenvalue weighted by Gasteiger charge is -2.35. The van der Waals surface area contributed by atoms with Gasteiger partial charge in [0.1, 0.15) is 4.83 Å². The Labute approximate surface area is 159 Å². The Morgan fingerprint density at radius 1 is 1.08 bits per heavy atom. The predicted molar refractivity (Wildman–Crippen MR) is 103 cm³/mol. The first-order chi connectivity index (χ1) is 12.7. The number of thiophene rings is 1. The van der Waals surface area contributed by atoms with Crippen LogP contribution in [0.2, 0.25) is 0 Å². The molecular formula is C18H20N4O2S2. The summed E-state index contributed by atoms with van der Waals surface area (Å²) >= 11 is 3.06. The van der Waals surface area contributed by atoms with Gasteiger partial charge in [-0.2, -0.15) is 0 Å². The number of carbonyl (C=O) groups excluding carboxylic acids is 2. The van der Waals surface area contributed by atoms with Gasteiger partial charge in [0, 0.05) is 43.7 Å². The molecule has 2 aliphatic rings. The first-order valence-electron chi connectivity index (χ1n) is 9.14. The quantitative estimate of drug-likeness (QED) is 0.678. The molecule has 5 rings (SSSR count). The van der Waals surface area contributed by atoms with Crippen molar-refractivity contribution in [3.63, 3.8) is 0 Å². The fraction of sp³-hybridized carbons (Fsp3) is 0.500. The molecule has 0 radical (unpaired) electrons. The van der Waals surface area contributed by atoms with Crippen LogP contribution in [-0.4, -0.2) is 57.2 Å². The minimum absolute atomic E-state index is 0.0601. The maximum absolute atomic E-state index is 12.9. The molecule has 0 aromatic carbocycles. The van der Waals surface area contributed by atoms with Crippen LogP contribution in [0.3, 0.4) is 0 Å². The minimum atomic E-state index is 0.0601. The first kappa shape index (κ1) is 16.3. The number of thiazole rings is 1. The SMILES string of the molecule is O=C(c1cc2c(nc3sccn32)s1)N1CCN(C(=O)C2CCCC2)CC1. The van der Waals surface area contributed by atoms with Gasteiger partial charge < -0.3 is 9.80 Å². The summed E-state index contributed by atoms with van der Waals surface area (Å²) in [5.41, 5.74) is 1.00. The zero-order valence-electron chi connectivity index (χ0n) is 14.4. The van der Waals surface area contributed by atoms with Crippen molar-refractivity contribution in [3.05, 3.63) is 22.5 Å². The fourth-order valence-electron chi connectivity index (χ4n) is 4.07. The number of amides is 2. The largest absolute Gasteiger partial charge is 0.339 e. The van der Waals surface area contributed by atoms with Crippen molar-refractivity contribution in [2.75, 3.05) is 26.2 Å². The summed E-state index contributed by atoms with van der Waals surface area (Å²) in [7, 11) is 0. The Balaban J connectivity index is 1.28. The molecule has 4 heterocycles. The van der Waals surface area contributed by atoms with E-state index in [-0.39, 0.29) is 11.8 Å². The molecule has 136 valence electrons. The van der Waals surface area contributed by atoms with Crippen molar-refractivity contribution < 1.29 is 9.59 Å². The molecule has 3 aromatic rings. The molecule has 1 aliphatic heterocycles. The molecule has 3 aromatic heterocycles. The number of fused-ring (bicyclic) bond motifs is 3. The van der Waals surface area contributed by atoms with E-state index >= 15 is 0 Å². The van der Waals surface area contributed by atoms with Gasteiger partial charge in [-0.25, -0.2) is 4.98 Å². The average Bonchev–Trinajstić information content (AvgIpc) is 3.42. The Morgan fingerprint density at radius 2 is 1.81 bits per heavy atom. The van der Waals surface area contributed by atoms with E-state index in [0.29, 0.717) is 32.1 Å². The number of nitrogens with zero attached hydrogens (tertiary/aromatic N) is 4. The molecule has 1 saturated carbocycles. The van der Waals surface area contributed by atoms with E-state index in [9.17, 15) is 9.59 Å². The maximum atomic E-state index is 12.9. The van der Waals surface area contributed by atoms with Crippen molar-refractivity contribution in [1.29, 1.82) is 0 Å². The van der Waals surface area contributed by atoms with Crippen LogP contribution in [0.4, 0.5) is 0 Å². The van der Waals surface area contributed by atoms with Gasteiger partial charge in [-0.1, -0.05) is 12.8 Å². The van der Waals surface area contributed by atoms with E-state index in [0.717, 1.165) is 33.0 Å². The van der Waals surface area contributed by atoms with Gasteiger partial charge in [-0.3, -0.25) is 14.0 Å². The number of carbonyl (C=O) groups is 2. The van der Waals surface area contributed by atoms with E-state index in [1.54, 1.807) is 11.3 Å². The number of imidazole rings is 1. The number of hydrogen-bond acceptors (Lipinski definition) is 5. The van der Waals surface area contributed by atoms with Crippen LogP contribution in [0.15, 0.2) is 17.6 Å². The van der Waals surface area contributed by atoms with Crippen LogP contribution in [0, 0.1) is 5.92 Å². The monoisotopic (exact) mass is 388 g/mol. The summed E-state index contributed by atoms with van der Waals surface area (Å²) in [5, 5.41) is 2.00. The van der Waals surface area contributed by atoms with Crippen LogP contribution in [0.1, 0.15) is 35.4 Å². The van der Waals surface area contributed by atoms with Crippen molar-refractivity contribution in [2.45, 2.75) is 25.7 Å². The summed E-state index contributed by atoms with van der Waals surface area (Å²) < 4.78 is 2.03. The van der Waals surface area contributed by atoms with Gasteiger partial charge >= 0.3 is 0 Å². The molecule has 0 bridgehead atoms. The third kappa shape index (κ3) is 2.63. The Hall–Kier alpha value is -1.93. The maximum Gasteiger partial charge on any atom is 0.264 e. The summed E-state index contributed by atoms with van der Waals surface area (Å²) in [6.45, 7) is 2.54. The van der Waals surface area contributed by atoms with Crippen LogP contribution in [0.5, 0.6) is 0 Å². The molecule has 1 saturated heterocycles. The van der Waals surface area contributed by atoms with E-state index in [1.807, 2.05) is 31.8 Å². The van der Waals surface area contributed by atoms with Gasteiger partial charge in [0.2, 0.25) is 5.91 Å². The molecule has 0 unspecified atom stereocenters. The van der Waals surface area contributed by atoms with Gasteiger partial charge in [0.15, 0.2) is 4.96 Å². The summed E-state index contributed by atoms with van der Waals surface area (Å²) in [5.74, 6) is 0.575.